The molecule has 0 aliphatic rings. The molecule has 19 heavy (non-hydrogen) atoms. The Labute approximate surface area is 153 Å². The molecule has 0 unspecified atom stereocenters. The predicted molar refractivity (Wildman–Crippen MR) is 75.0 cm³/mol. The van der Waals surface area contributed by atoms with Gasteiger partial charge in [0.05, 0.1) is 17.9 Å². The molecule has 0 heterocycles. The fourth-order valence-corrected chi connectivity index (χ4v) is 0.802. The van der Waals surface area contributed by atoms with Gasteiger partial charge in [0.2, 0.25) is 0 Å². The molecule has 0 aromatic heterocycles. The summed E-state index contributed by atoms with van der Waals surface area (Å²) in [6.45, 7) is 0. The molecule has 0 amide bonds. The Hall–Kier alpha value is -0.0599. The van der Waals surface area contributed by atoms with Gasteiger partial charge in [0.25, 0.3) is 0 Å². The number of hydrogen-bond acceptors (Lipinski definition) is 6. The summed E-state index contributed by atoms with van der Waals surface area (Å²) in [7, 11) is 0. The van der Waals surface area contributed by atoms with Crippen LogP contribution in [0.1, 0.15) is 0 Å². The van der Waals surface area contributed by atoms with Crippen LogP contribution in [-0.4, -0.2) is 43.8 Å². The molecular weight excluding hydrogens is 559 g/mol. The van der Waals surface area contributed by atoms with Gasteiger partial charge in [-0.15, -0.1) is 0 Å². The van der Waals surface area contributed by atoms with E-state index in [1.165, 1.54) is 15.0 Å². The SMILES string of the molecule is O=C([O-])C=CBr.O=C([O-])C=CBr.O=C([O-])C=CBr.[In+3]. The number of rotatable bonds is 3. The van der Waals surface area contributed by atoms with E-state index in [9.17, 15) is 29.7 Å². The first-order valence-corrected chi connectivity index (χ1v) is 6.49. The summed E-state index contributed by atoms with van der Waals surface area (Å²) < 4.78 is 0. The number of aliphatic carboxylic acids is 3. The Bertz CT molecular complexity index is 289. The molecule has 0 aliphatic carbocycles. The van der Waals surface area contributed by atoms with Crippen LogP contribution in [0.3, 0.4) is 0 Å². The molecule has 0 aliphatic heterocycles. The molecule has 0 N–H and O–H groups in total. The number of carboxylic acid groups (broad SMARTS) is 3. The molecule has 0 spiro atoms. The van der Waals surface area contributed by atoms with Gasteiger partial charge in [0.1, 0.15) is 0 Å². The van der Waals surface area contributed by atoms with Crippen molar-refractivity contribution in [2.75, 3.05) is 0 Å². The summed E-state index contributed by atoms with van der Waals surface area (Å²) in [6, 6.07) is 0. The van der Waals surface area contributed by atoms with Crippen molar-refractivity contribution in [2.24, 2.45) is 0 Å². The summed E-state index contributed by atoms with van der Waals surface area (Å²) in [5.74, 6) is -3.56. The van der Waals surface area contributed by atoms with Gasteiger partial charge in [-0.05, 0) is 33.2 Å². The van der Waals surface area contributed by atoms with E-state index >= 15 is 0 Å². The van der Waals surface area contributed by atoms with E-state index < -0.39 is 17.9 Å². The minimum absolute atomic E-state index is 0. The monoisotopic (exact) mass is 562 g/mol. The minimum Gasteiger partial charge on any atom is -0.545 e. The maximum absolute atomic E-state index is 9.37. The van der Waals surface area contributed by atoms with Crippen LogP contribution in [0.4, 0.5) is 0 Å². The smallest absolute Gasteiger partial charge is 0.545 e. The van der Waals surface area contributed by atoms with Crippen LogP contribution < -0.4 is 15.3 Å². The first-order chi connectivity index (χ1) is 8.31. The molecule has 10 heteroatoms. The van der Waals surface area contributed by atoms with E-state index in [1.807, 2.05) is 0 Å². The van der Waals surface area contributed by atoms with Crippen LogP contribution in [0.5, 0.6) is 0 Å². The van der Waals surface area contributed by atoms with Gasteiger partial charge in [-0.1, -0.05) is 47.8 Å². The van der Waals surface area contributed by atoms with Gasteiger partial charge in [-0.25, -0.2) is 0 Å². The van der Waals surface area contributed by atoms with Crippen molar-refractivity contribution >= 4 is 91.5 Å². The summed E-state index contributed by atoms with van der Waals surface area (Å²) in [5.41, 5.74) is 0. The van der Waals surface area contributed by atoms with Gasteiger partial charge < -0.3 is 29.7 Å². The molecular formula is C9H6Br3InO6. The molecule has 0 rings (SSSR count). The van der Waals surface area contributed by atoms with Crippen molar-refractivity contribution in [1.29, 1.82) is 0 Å². The maximum Gasteiger partial charge on any atom is 3.00 e. The summed E-state index contributed by atoms with van der Waals surface area (Å²) in [6.07, 6.45) is 2.67. The third-order valence-electron chi connectivity index (χ3n) is 0.597. The van der Waals surface area contributed by atoms with Crippen LogP contribution in [0.15, 0.2) is 33.2 Å². The Morgan fingerprint density at radius 3 is 0.789 bits per heavy atom. The second-order valence-electron chi connectivity index (χ2n) is 1.84. The average Bonchev–Trinajstić information content (AvgIpc) is 2.18. The van der Waals surface area contributed by atoms with Crippen LogP contribution in [0.25, 0.3) is 0 Å². The van der Waals surface area contributed by atoms with Crippen molar-refractivity contribution in [2.45, 2.75) is 0 Å². The quantitative estimate of drug-likeness (QED) is 0.387. The number of halogens is 3. The molecule has 0 bridgehead atoms. The van der Waals surface area contributed by atoms with E-state index in [2.05, 4.69) is 47.8 Å². The Balaban J connectivity index is -0.0000000865. The number of hydrogen-bond donors (Lipinski definition) is 0. The topological polar surface area (TPSA) is 120 Å². The van der Waals surface area contributed by atoms with Crippen LogP contribution in [0, 0.1) is 0 Å². The van der Waals surface area contributed by atoms with Gasteiger partial charge >= 0.3 is 25.8 Å². The van der Waals surface area contributed by atoms with Crippen molar-refractivity contribution in [3.8, 4) is 0 Å². The second-order valence-corrected chi connectivity index (χ2v) is 3.42. The average molecular weight is 565 g/mol. The second kappa shape index (κ2) is 23.1. The number of carboxylic acids is 3. The minimum atomic E-state index is -1.19. The first kappa shape index (κ1) is 27.3. The van der Waals surface area contributed by atoms with Crippen LogP contribution in [0.2, 0.25) is 0 Å². The third kappa shape index (κ3) is 57.0. The fourth-order valence-electron chi connectivity index (χ4n) is 0.154. The first-order valence-electron chi connectivity index (χ1n) is 3.75. The molecule has 0 aromatic carbocycles. The molecule has 0 fully saturated rings. The Morgan fingerprint density at radius 2 is 0.789 bits per heavy atom. The zero-order chi connectivity index (χ0) is 15.0. The Kier molecular flexibility index (Phi) is 33.2. The number of carbonyl (C=O) groups is 3. The van der Waals surface area contributed by atoms with Gasteiger partial charge in [-0.3, -0.25) is 0 Å². The van der Waals surface area contributed by atoms with Crippen molar-refractivity contribution in [3.63, 3.8) is 0 Å². The van der Waals surface area contributed by atoms with Gasteiger partial charge in [0, 0.05) is 0 Å². The number of carbonyl (C=O) groups excluding carboxylic acids is 3. The fraction of sp³-hybridized carbons (Fsp3) is 0. The molecule has 0 atom stereocenters. The van der Waals surface area contributed by atoms with E-state index in [0.717, 1.165) is 18.2 Å². The van der Waals surface area contributed by atoms with Gasteiger partial charge in [-0.2, -0.15) is 0 Å². The normalized spacial score (nSPS) is 9.00. The van der Waals surface area contributed by atoms with E-state index in [-0.39, 0.29) is 25.8 Å². The molecule has 102 valence electrons. The Morgan fingerprint density at radius 1 is 0.632 bits per heavy atom. The van der Waals surface area contributed by atoms with Crippen LogP contribution >= 0.6 is 47.8 Å². The van der Waals surface area contributed by atoms with Crippen molar-refractivity contribution in [3.05, 3.63) is 33.2 Å². The third-order valence-corrected chi connectivity index (χ3v) is 1.39. The maximum atomic E-state index is 9.37. The van der Waals surface area contributed by atoms with Crippen molar-refractivity contribution < 1.29 is 29.7 Å². The molecule has 0 aromatic rings. The molecule has 0 saturated carbocycles. The van der Waals surface area contributed by atoms with E-state index in [4.69, 9.17) is 0 Å². The van der Waals surface area contributed by atoms with Crippen LogP contribution in [-0.2, 0) is 14.4 Å². The van der Waals surface area contributed by atoms with Crippen molar-refractivity contribution in [1.82, 2.24) is 0 Å². The summed E-state index contributed by atoms with van der Waals surface area (Å²) >= 11 is 8.25. The summed E-state index contributed by atoms with van der Waals surface area (Å²) in [5, 5.41) is 28.1. The van der Waals surface area contributed by atoms with Gasteiger partial charge in [0.15, 0.2) is 0 Å². The standard InChI is InChI=1S/3C3H3BrO2.In/c3*4-2-1-3(5)6;/h3*1-2H,(H,5,6);/q;;;+3/p-3. The largest absolute Gasteiger partial charge is 3.00 e. The molecule has 6 nitrogen and oxygen atoms in total. The zero-order valence-electron chi connectivity index (χ0n) is 9.12. The predicted octanol–water partition coefficient (Wildman–Crippen LogP) is -1.45. The van der Waals surface area contributed by atoms with E-state index in [1.54, 1.807) is 0 Å². The molecule has 0 saturated heterocycles. The molecule has 0 radical (unpaired) electrons. The summed E-state index contributed by atoms with van der Waals surface area (Å²) in [4.78, 5) is 31.8. The van der Waals surface area contributed by atoms with E-state index in [0.29, 0.717) is 0 Å². The zero-order valence-corrected chi connectivity index (χ0v) is 17.2.